The second-order valence-electron chi connectivity index (χ2n) is 6.69. The summed E-state index contributed by atoms with van der Waals surface area (Å²) >= 11 is 0. The molecule has 20 heavy (non-hydrogen) atoms. The Morgan fingerprint density at radius 3 is 2.70 bits per heavy atom. The van der Waals surface area contributed by atoms with Crippen molar-refractivity contribution in [2.24, 2.45) is 5.92 Å². The standard InChI is InChI=1S/C17H27NO2/c1-12(2)14(9-10-19)18-15-11-17(3,4)20-16-8-6-5-7-13(15)16/h5-8,12,14-15,18-19H,9-11H2,1-4H3. The fourth-order valence-electron chi connectivity index (χ4n) is 2.96. The molecule has 1 aromatic carbocycles. The lowest BCUT2D eigenvalue weighted by Gasteiger charge is -2.40. The Kier molecular flexibility index (Phi) is 4.71. The molecule has 2 atom stereocenters. The molecule has 112 valence electrons. The first-order chi connectivity index (χ1) is 9.43. The molecule has 1 aliphatic rings. The predicted octanol–water partition coefficient (Wildman–Crippen LogP) is 3.29. The molecule has 0 aliphatic carbocycles. The van der Waals surface area contributed by atoms with Gasteiger partial charge in [0.25, 0.3) is 0 Å². The zero-order chi connectivity index (χ0) is 14.8. The molecule has 0 amide bonds. The molecule has 1 aromatic rings. The quantitative estimate of drug-likeness (QED) is 0.868. The monoisotopic (exact) mass is 277 g/mol. The van der Waals surface area contributed by atoms with Crippen molar-refractivity contribution in [2.45, 2.75) is 58.2 Å². The van der Waals surface area contributed by atoms with Crippen molar-refractivity contribution >= 4 is 0 Å². The van der Waals surface area contributed by atoms with Crippen LogP contribution in [0.25, 0.3) is 0 Å². The number of fused-ring (bicyclic) bond motifs is 1. The van der Waals surface area contributed by atoms with Crippen LogP contribution in [0.4, 0.5) is 0 Å². The zero-order valence-electron chi connectivity index (χ0n) is 13.0. The van der Waals surface area contributed by atoms with E-state index in [2.05, 4.69) is 45.1 Å². The van der Waals surface area contributed by atoms with Crippen LogP contribution in [0.5, 0.6) is 5.75 Å². The fourth-order valence-corrected chi connectivity index (χ4v) is 2.96. The highest BCUT2D eigenvalue weighted by Gasteiger charge is 2.34. The molecule has 0 aromatic heterocycles. The Bertz CT molecular complexity index is 442. The maximum absolute atomic E-state index is 9.25. The summed E-state index contributed by atoms with van der Waals surface area (Å²) in [6, 6.07) is 8.87. The van der Waals surface area contributed by atoms with Crippen molar-refractivity contribution in [3.8, 4) is 5.75 Å². The molecule has 1 aliphatic heterocycles. The van der Waals surface area contributed by atoms with Crippen LogP contribution in [0.3, 0.4) is 0 Å². The highest BCUT2D eigenvalue weighted by Crippen LogP contribution is 2.39. The van der Waals surface area contributed by atoms with Crippen LogP contribution in [0, 0.1) is 5.92 Å². The number of hydrogen-bond donors (Lipinski definition) is 2. The third-order valence-electron chi connectivity index (χ3n) is 4.04. The van der Waals surface area contributed by atoms with Gasteiger partial charge in [-0.2, -0.15) is 0 Å². The molecule has 2 rings (SSSR count). The first-order valence-electron chi connectivity index (χ1n) is 7.58. The van der Waals surface area contributed by atoms with Gasteiger partial charge in [0.1, 0.15) is 11.4 Å². The van der Waals surface area contributed by atoms with Gasteiger partial charge in [0.05, 0.1) is 0 Å². The average Bonchev–Trinajstić information content (AvgIpc) is 2.36. The van der Waals surface area contributed by atoms with Crippen LogP contribution in [0.2, 0.25) is 0 Å². The van der Waals surface area contributed by atoms with E-state index in [0.29, 0.717) is 12.0 Å². The molecular formula is C17H27NO2. The topological polar surface area (TPSA) is 41.5 Å². The SMILES string of the molecule is CC(C)C(CCO)NC1CC(C)(C)Oc2ccccc21. The highest BCUT2D eigenvalue weighted by atomic mass is 16.5. The van der Waals surface area contributed by atoms with Gasteiger partial charge in [-0.25, -0.2) is 0 Å². The lowest BCUT2D eigenvalue weighted by Crippen LogP contribution is -2.44. The van der Waals surface area contributed by atoms with Gasteiger partial charge in [0.2, 0.25) is 0 Å². The molecule has 3 heteroatoms. The lowest BCUT2D eigenvalue weighted by molar-refractivity contribution is 0.0609. The summed E-state index contributed by atoms with van der Waals surface area (Å²) in [6.07, 6.45) is 1.73. The number of rotatable bonds is 5. The van der Waals surface area contributed by atoms with Crippen LogP contribution in [-0.4, -0.2) is 23.4 Å². The van der Waals surface area contributed by atoms with Gasteiger partial charge in [-0.15, -0.1) is 0 Å². The number of para-hydroxylation sites is 1. The lowest BCUT2D eigenvalue weighted by atomic mass is 9.88. The largest absolute Gasteiger partial charge is 0.487 e. The molecule has 0 saturated carbocycles. The van der Waals surface area contributed by atoms with Crippen molar-refractivity contribution in [3.63, 3.8) is 0 Å². The number of hydrogen-bond acceptors (Lipinski definition) is 3. The summed E-state index contributed by atoms with van der Waals surface area (Å²) in [5, 5.41) is 13.0. The molecule has 0 spiro atoms. The zero-order valence-corrected chi connectivity index (χ0v) is 13.0. The minimum atomic E-state index is -0.160. The van der Waals surface area contributed by atoms with E-state index in [4.69, 9.17) is 4.74 Å². The molecule has 0 radical (unpaired) electrons. The Hall–Kier alpha value is -1.06. The fraction of sp³-hybridized carbons (Fsp3) is 0.647. The van der Waals surface area contributed by atoms with E-state index in [1.807, 2.05) is 12.1 Å². The van der Waals surface area contributed by atoms with Crippen molar-refractivity contribution < 1.29 is 9.84 Å². The van der Waals surface area contributed by atoms with Gasteiger partial charge in [-0.1, -0.05) is 32.0 Å². The van der Waals surface area contributed by atoms with Gasteiger partial charge >= 0.3 is 0 Å². The summed E-state index contributed by atoms with van der Waals surface area (Å²) in [4.78, 5) is 0. The maximum Gasteiger partial charge on any atom is 0.124 e. The van der Waals surface area contributed by atoms with Gasteiger partial charge < -0.3 is 15.2 Å². The number of aliphatic hydroxyl groups is 1. The minimum Gasteiger partial charge on any atom is -0.487 e. The van der Waals surface area contributed by atoms with Crippen LogP contribution in [0.15, 0.2) is 24.3 Å². The average molecular weight is 277 g/mol. The Morgan fingerprint density at radius 1 is 1.35 bits per heavy atom. The molecule has 0 bridgehead atoms. The highest BCUT2D eigenvalue weighted by molar-refractivity contribution is 5.38. The number of benzene rings is 1. The Balaban J connectivity index is 2.22. The van der Waals surface area contributed by atoms with Gasteiger partial charge in [0, 0.05) is 30.7 Å². The second kappa shape index (κ2) is 6.15. The number of aliphatic hydroxyl groups excluding tert-OH is 1. The molecule has 1 heterocycles. The Morgan fingerprint density at radius 2 is 2.05 bits per heavy atom. The molecule has 0 saturated heterocycles. The molecule has 0 fully saturated rings. The van der Waals surface area contributed by atoms with E-state index in [1.165, 1.54) is 5.56 Å². The van der Waals surface area contributed by atoms with Gasteiger partial charge in [-0.05, 0) is 32.3 Å². The predicted molar refractivity (Wildman–Crippen MR) is 82.0 cm³/mol. The summed E-state index contributed by atoms with van der Waals surface area (Å²) in [5.41, 5.74) is 1.07. The maximum atomic E-state index is 9.25. The van der Waals surface area contributed by atoms with Crippen molar-refractivity contribution in [1.29, 1.82) is 0 Å². The van der Waals surface area contributed by atoms with Crippen molar-refractivity contribution in [3.05, 3.63) is 29.8 Å². The van der Waals surface area contributed by atoms with Crippen LogP contribution < -0.4 is 10.1 Å². The van der Waals surface area contributed by atoms with E-state index in [-0.39, 0.29) is 18.2 Å². The van der Waals surface area contributed by atoms with Crippen molar-refractivity contribution in [2.75, 3.05) is 6.61 Å². The summed E-state index contributed by atoms with van der Waals surface area (Å²) in [5.74, 6) is 1.48. The molecule has 2 N–H and O–H groups in total. The minimum absolute atomic E-state index is 0.160. The summed E-state index contributed by atoms with van der Waals surface area (Å²) in [6.45, 7) is 8.89. The normalized spacial score (nSPS) is 22.2. The van der Waals surface area contributed by atoms with Gasteiger partial charge in [-0.3, -0.25) is 0 Å². The Labute approximate surface area is 122 Å². The molecule has 2 unspecified atom stereocenters. The van der Waals surface area contributed by atoms with E-state index in [9.17, 15) is 5.11 Å². The number of ether oxygens (including phenoxy) is 1. The smallest absolute Gasteiger partial charge is 0.124 e. The first kappa shape index (κ1) is 15.3. The van der Waals surface area contributed by atoms with E-state index in [0.717, 1.165) is 18.6 Å². The van der Waals surface area contributed by atoms with Crippen LogP contribution in [0.1, 0.15) is 52.1 Å². The third-order valence-corrected chi connectivity index (χ3v) is 4.04. The second-order valence-corrected chi connectivity index (χ2v) is 6.69. The first-order valence-corrected chi connectivity index (χ1v) is 7.58. The summed E-state index contributed by atoms with van der Waals surface area (Å²) in [7, 11) is 0. The molecule has 3 nitrogen and oxygen atoms in total. The summed E-state index contributed by atoms with van der Waals surface area (Å²) < 4.78 is 6.06. The van der Waals surface area contributed by atoms with Gasteiger partial charge in [0.15, 0.2) is 0 Å². The number of nitrogens with one attached hydrogen (secondary N) is 1. The van der Waals surface area contributed by atoms with E-state index < -0.39 is 0 Å². The van der Waals surface area contributed by atoms with Crippen LogP contribution in [-0.2, 0) is 0 Å². The van der Waals surface area contributed by atoms with E-state index >= 15 is 0 Å². The molecular weight excluding hydrogens is 250 g/mol. The third kappa shape index (κ3) is 3.53. The van der Waals surface area contributed by atoms with Crippen LogP contribution >= 0.6 is 0 Å². The van der Waals surface area contributed by atoms with Crippen molar-refractivity contribution in [1.82, 2.24) is 5.32 Å². The van der Waals surface area contributed by atoms with E-state index in [1.54, 1.807) is 0 Å².